The van der Waals surface area contributed by atoms with Crippen LogP contribution >= 0.6 is 0 Å². The van der Waals surface area contributed by atoms with Gasteiger partial charge in [-0.3, -0.25) is 4.79 Å². The van der Waals surface area contributed by atoms with Crippen LogP contribution in [0, 0.1) is 0 Å². The van der Waals surface area contributed by atoms with Gasteiger partial charge in [0.05, 0.1) is 0 Å². The smallest absolute Gasteiger partial charge is 0.242 e. The van der Waals surface area contributed by atoms with E-state index < -0.39 is 0 Å². The Balaban J connectivity index is 1.79. The van der Waals surface area contributed by atoms with Crippen LogP contribution in [0.4, 0.5) is 5.69 Å². The van der Waals surface area contributed by atoms with E-state index in [0.29, 0.717) is 6.04 Å². The molecule has 1 atom stereocenters. The SMILES string of the molecule is C[C@H](C(=O)NC1CC1)N(C)c1ccc2ccccc2c1. The molecule has 0 heterocycles. The lowest BCUT2D eigenvalue weighted by molar-refractivity contribution is -0.122. The second-order valence-electron chi connectivity index (χ2n) is 5.60. The third-order valence-electron chi connectivity index (χ3n) is 4.02. The minimum Gasteiger partial charge on any atom is -0.363 e. The number of anilines is 1. The molecule has 0 unspecified atom stereocenters. The first-order valence-corrected chi connectivity index (χ1v) is 7.17. The van der Waals surface area contributed by atoms with Gasteiger partial charge in [-0.2, -0.15) is 0 Å². The molecule has 1 saturated carbocycles. The molecule has 1 aliphatic rings. The first-order valence-electron chi connectivity index (χ1n) is 7.17. The molecule has 1 fully saturated rings. The average molecular weight is 268 g/mol. The van der Waals surface area contributed by atoms with Crippen molar-refractivity contribution in [3.05, 3.63) is 42.5 Å². The fourth-order valence-electron chi connectivity index (χ4n) is 2.35. The summed E-state index contributed by atoms with van der Waals surface area (Å²) < 4.78 is 0. The zero-order valence-corrected chi connectivity index (χ0v) is 12.0. The van der Waals surface area contributed by atoms with E-state index in [1.807, 2.05) is 31.0 Å². The van der Waals surface area contributed by atoms with Gasteiger partial charge in [-0.05, 0) is 42.7 Å². The monoisotopic (exact) mass is 268 g/mol. The minimum atomic E-state index is -0.156. The van der Waals surface area contributed by atoms with Gasteiger partial charge >= 0.3 is 0 Å². The maximum absolute atomic E-state index is 12.1. The van der Waals surface area contributed by atoms with E-state index >= 15 is 0 Å². The number of benzene rings is 2. The number of nitrogens with one attached hydrogen (secondary N) is 1. The van der Waals surface area contributed by atoms with E-state index in [1.54, 1.807) is 0 Å². The topological polar surface area (TPSA) is 32.3 Å². The molecule has 3 nitrogen and oxygen atoms in total. The van der Waals surface area contributed by atoms with E-state index in [4.69, 9.17) is 0 Å². The quantitative estimate of drug-likeness (QED) is 0.924. The van der Waals surface area contributed by atoms with Crippen LogP contribution in [-0.2, 0) is 4.79 Å². The van der Waals surface area contributed by atoms with Gasteiger partial charge in [0.1, 0.15) is 6.04 Å². The van der Waals surface area contributed by atoms with Crippen LogP contribution in [0.5, 0.6) is 0 Å². The molecule has 3 heteroatoms. The average Bonchev–Trinajstić information content (AvgIpc) is 3.29. The molecule has 1 N–H and O–H groups in total. The van der Waals surface area contributed by atoms with Crippen LogP contribution < -0.4 is 10.2 Å². The van der Waals surface area contributed by atoms with Crippen molar-refractivity contribution in [3.8, 4) is 0 Å². The van der Waals surface area contributed by atoms with Crippen LogP contribution in [0.25, 0.3) is 10.8 Å². The van der Waals surface area contributed by atoms with Crippen LogP contribution in [0.3, 0.4) is 0 Å². The summed E-state index contributed by atoms with van der Waals surface area (Å²) in [5.74, 6) is 0.114. The number of rotatable bonds is 4. The van der Waals surface area contributed by atoms with Gasteiger partial charge in [0.15, 0.2) is 0 Å². The Labute approximate surface area is 119 Å². The summed E-state index contributed by atoms with van der Waals surface area (Å²) in [5, 5.41) is 5.48. The highest BCUT2D eigenvalue weighted by Crippen LogP contribution is 2.23. The number of nitrogens with zero attached hydrogens (tertiary/aromatic N) is 1. The zero-order chi connectivity index (χ0) is 14.1. The first kappa shape index (κ1) is 13.0. The Kier molecular flexibility index (Phi) is 3.35. The third kappa shape index (κ3) is 2.62. The second-order valence-corrected chi connectivity index (χ2v) is 5.60. The maximum Gasteiger partial charge on any atom is 0.242 e. The summed E-state index contributed by atoms with van der Waals surface area (Å²) in [6, 6.07) is 14.8. The van der Waals surface area contributed by atoms with Crippen molar-refractivity contribution in [1.29, 1.82) is 0 Å². The zero-order valence-electron chi connectivity index (χ0n) is 12.0. The molecule has 2 aromatic carbocycles. The number of amides is 1. The highest BCUT2D eigenvalue weighted by Gasteiger charge is 2.27. The molecular weight excluding hydrogens is 248 g/mol. The van der Waals surface area contributed by atoms with Gasteiger partial charge in [-0.15, -0.1) is 0 Å². The number of fused-ring (bicyclic) bond motifs is 1. The molecule has 0 aromatic heterocycles. The van der Waals surface area contributed by atoms with Crippen molar-refractivity contribution in [1.82, 2.24) is 5.32 Å². The van der Waals surface area contributed by atoms with Crippen LogP contribution in [0.2, 0.25) is 0 Å². The maximum atomic E-state index is 12.1. The normalized spacial score (nSPS) is 15.9. The van der Waals surface area contributed by atoms with Gasteiger partial charge in [-0.25, -0.2) is 0 Å². The molecule has 1 aliphatic carbocycles. The van der Waals surface area contributed by atoms with Crippen molar-refractivity contribution >= 4 is 22.4 Å². The molecular formula is C17H20N2O. The minimum absolute atomic E-state index is 0.114. The molecule has 1 amide bonds. The molecule has 0 aliphatic heterocycles. The lowest BCUT2D eigenvalue weighted by atomic mass is 10.1. The molecule has 3 rings (SSSR count). The Bertz CT molecular complexity index is 634. The predicted molar refractivity (Wildman–Crippen MR) is 83.0 cm³/mol. The van der Waals surface area contributed by atoms with Crippen molar-refractivity contribution in [2.75, 3.05) is 11.9 Å². The number of hydrogen-bond donors (Lipinski definition) is 1. The van der Waals surface area contributed by atoms with E-state index in [9.17, 15) is 4.79 Å². The van der Waals surface area contributed by atoms with Crippen molar-refractivity contribution in [3.63, 3.8) is 0 Å². The summed E-state index contributed by atoms with van der Waals surface area (Å²) in [6.07, 6.45) is 2.25. The van der Waals surface area contributed by atoms with Crippen LogP contribution in [-0.4, -0.2) is 25.0 Å². The van der Waals surface area contributed by atoms with Crippen molar-refractivity contribution < 1.29 is 4.79 Å². The highest BCUT2D eigenvalue weighted by atomic mass is 16.2. The van der Waals surface area contributed by atoms with Gasteiger partial charge in [0.2, 0.25) is 5.91 Å². The number of likely N-dealkylation sites (N-methyl/N-ethyl adjacent to an activating group) is 1. The van der Waals surface area contributed by atoms with Gasteiger partial charge < -0.3 is 10.2 Å². The lowest BCUT2D eigenvalue weighted by Crippen LogP contribution is -2.44. The number of carbonyl (C=O) groups excluding carboxylic acids is 1. The van der Waals surface area contributed by atoms with Crippen LogP contribution in [0.1, 0.15) is 19.8 Å². The summed E-state index contributed by atoms with van der Waals surface area (Å²) in [5.41, 5.74) is 1.07. The summed E-state index contributed by atoms with van der Waals surface area (Å²) >= 11 is 0. The van der Waals surface area contributed by atoms with E-state index in [1.165, 1.54) is 10.8 Å². The van der Waals surface area contributed by atoms with E-state index in [2.05, 4.69) is 35.6 Å². The van der Waals surface area contributed by atoms with E-state index in [0.717, 1.165) is 18.5 Å². The van der Waals surface area contributed by atoms with Crippen molar-refractivity contribution in [2.45, 2.75) is 31.8 Å². The summed E-state index contributed by atoms with van der Waals surface area (Å²) in [7, 11) is 1.97. The van der Waals surface area contributed by atoms with Crippen molar-refractivity contribution in [2.24, 2.45) is 0 Å². The molecule has 20 heavy (non-hydrogen) atoms. The third-order valence-corrected chi connectivity index (χ3v) is 4.02. The Morgan fingerprint density at radius 2 is 1.90 bits per heavy atom. The Morgan fingerprint density at radius 3 is 2.60 bits per heavy atom. The fraction of sp³-hybridized carbons (Fsp3) is 0.353. The molecule has 2 aromatic rings. The van der Waals surface area contributed by atoms with Gasteiger partial charge in [0, 0.05) is 18.8 Å². The molecule has 0 spiro atoms. The number of carbonyl (C=O) groups is 1. The molecule has 0 saturated heterocycles. The largest absolute Gasteiger partial charge is 0.363 e. The van der Waals surface area contributed by atoms with E-state index in [-0.39, 0.29) is 11.9 Å². The predicted octanol–water partition coefficient (Wildman–Crippen LogP) is 2.94. The fourth-order valence-corrected chi connectivity index (χ4v) is 2.35. The Hall–Kier alpha value is -2.03. The molecule has 0 radical (unpaired) electrons. The molecule has 0 bridgehead atoms. The van der Waals surface area contributed by atoms with Gasteiger partial charge in [0.25, 0.3) is 0 Å². The van der Waals surface area contributed by atoms with Crippen LogP contribution in [0.15, 0.2) is 42.5 Å². The number of hydrogen-bond acceptors (Lipinski definition) is 2. The summed E-state index contributed by atoms with van der Waals surface area (Å²) in [6.45, 7) is 1.95. The molecule has 104 valence electrons. The second kappa shape index (κ2) is 5.16. The standard InChI is InChI=1S/C17H20N2O/c1-12(17(20)18-15-8-9-15)19(2)16-10-7-13-5-3-4-6-14(13)11-16/h3-7,10-12,15H,8-9H2,1-2H3,(H,18,20)/t12-/m1/s1. The van der Waals surface area contributed by atoms with Gasteiger partial charge in [-0.1, -0.05) is 30.3 Å². The lowest BCUT2D eigenvalue weighted by Gasteiger charge is -2.26. The Morgan fingerprint density at radius 1 is 1.20 bits per heavy atom. The summed E-state index contributed by atoms with van der Waals surface area (Å²) in [4.78, 5) is 14.2. The highest BCUT2D eigenvalue weighted by molar-refractivity contribution is 5.88. The first-order chi connectivity index (χ1) is 9.65.